The van der Waals surface area contributed by atoms with E-state index in [9.17, 15) is 4.79 Å². The van der Waals surface area contributed by atoms with Crippen LogP contribution < -0.4 is 16.6 Å². The third kappa shape index (κ3) is 4.91. The molecule has 4 aromatic rings. The van der Waals surface area contributed by atoms with Gasteiger partial charge in [-0.2, -0.15) is 0 Å². The van der Waals surface area contributed by atoms with Gasteiger partial charge in [0.15, 0.2) is 0 Å². The second-order valence-electron chi connectivity index (χ2n) is 6.56. The van der Waals surface area contributed by atoms with E-state index >= 15 is 0 Å². The molecule has 4 rings (SSSR count). The molecule has 4 N–H and O–H groups in total. The Bertz CT molecular complexity index is 1190. The summed E-state index contributed by atoms with van der Waals surface area (Å²) in [7, 11) is 1.90. The van der Waals surface area contributed by atoms with Crippen LogP contribution in [0.3, 0.4) is 0 Å². The van der Waals surface area contributed by atoms with E-state index in [4.69, 9.17) is 10.6 Å². The standard InChI is InChI=1S/C22H19N5O.C2H4O/c1-24-17-8-6-15(7-9-17)14-2-4-16(5-3-14)21-12-18(22(28)27-23)19-13-25-11-10-20(19)26-21;1-2-3/h2-13,24H,23H2,1H3,(H,27,28);2H,1H3. The number of aldehydes is 1. The van der Waals surface area contributed by atoms with Gasteiger partial charge in [0.1, 0.15) is 6.29 Å². The monoisotopic (exact) mass is 413 g/mol. The van der Waals surface area contributed by atoms with Gasteiger partial charge in [-0.05, 0) is 42.3 Å². The van der Waals surface area contributed by atoms with Gasteiger partial charge in [-0.25, -0.2) is 10.8 Å². The largest absolute Gasteiger partial charge is 0.388 e. The molecule has 2 aromatic carbocycles. The predicted molar refractivity (Wildman–Crippen MR) is 123 cm³/mol. The molecule has 0 aliphatic carbocycles. The van der Waals surface area contributed by atoms with Crippen LogP contribution in [0.15, 0.2) is 73.1 Å². The van der Waals surface area contributed by atoms with Gasteiger partial charge in [-0.15, -0.1) is 0 Å². The molecule has 1 amide bonds. The summed E-state index contributed by atoms with van der Waals surface area (Å²) in [6.07, 6.45) is 4.02. The third-order valence-electron chi connectivity index (χ3n) is 4.67. The first-order valence-electron chi connectivity index (χ1n) is 9.65. The molecule has 7 nitrogen and oxygen atoms in total. The molecule has 156 valence electrons. The quantitative estimate of drug-likeness (QED) is 0.203. The first-order valence-corrected chi connectivity index (χ1v) is 9.65. The Morgan fingerprint density at radius 2 is 1.55 bits per heavy atom. The topological polar surface area (TPSA) is 110 Å². The zero-order valence-electron chi connectivity index (χ0n) is 17.3. The lowest BCUT2D eigenvalue weighted by molar-refractivity contribution is -0.106. The highest BCUT2D eigenvalue weighted by atomic mass is 16.2. The second kappa shape index (κ2) is 10.1. The van der Waals surface area contributed by atoms with E-state index < -0.39 is 0 Å². The molecular formula is C24H23N5O2. The maximum atomic E-state index is 12.2. The van der Waals surface area contributed by atoms with Crippen LogP contribution in [0.1, 0.15) is 17.3 Å². The van der Waals surface area contributed by atoms with Crippen LogP contribution in [0.4, 0.5) is 5.69 Å². The molecular weight excluding hydrogens is 390 g/mol. The number of aromatic nitrogens is 2. The molecule has 0 aliphatic heterocycles. The van der Waals surface area contributed by atoms with Crippen LogP contribution in [-0.2, 0) is 4.79 Å². The van der Waals surface area contributed by atoms with E-state index in [0.717, 1.165) is 28.7 Å². The van der Waals surface area contributed by atoms with Gasteiger partial charge in [0.2, 0.25) is 0 Å². The Kier molecular flexibility index (Phi) is 7.03. The normalized spacial score (nSPS) is 10.0. The number of nitrogen functional groups attached to an aromatic ring is 1. The van der Waals surface area contributed by atoms with Crippen LogP contribution in [0.25, 0.3) is 33.3 Å². The van der Waals surface area contributed by atoms with Crippen LogP contribution in [0.2, 0.25) is 0 Å². The summed E-state index contributed by atoms with van der Waals surface area (Å²) in [5.74, 6) is 4.97. The van der Waals surface area contributed by atoms with E-state index in [2.05, 4.69) is 32.8 Å². The number of anilines is 1. The van der Waals surface area contributed by atoms with Crippen molar-refractivity contribution in [1.29, 1.82) is 0 Å². The number of benzene rings is 2. The zero-order valence-corrected chi connectivity index (χ0v) is 17.3. The Morgan fingerprint density at radius 3 is 2.13 bits per heavy atom. The van der Waals surface area contributed by atoms with Crippen molar-refractivity contribution in [3.8, 4) is 22.4 Å². The van der Waals surface area contributed by atoms with Crippen molar-refractivity contribution in [1.82, 2.24) is 15.4 Å². The molecule has 0 radical (unpaired) electrons. The molecule has 0 fully saturated rings. The fraction of sp³-hybridized carbons (Fsp3) is 0.0833. The van der Waals surface area contributed by atoms with Crippen LogP contribution in [0, 0.1) is 0 Å². The average Bonchev–Trinajstić information content (AvgIpc) is 2.83. The van der Waals surface area contributed by atoms with Crippen LogP contribution >= 0.6 is 0 Å². The number of nitrogens with one attached hydrogen (secondary N) is 2. The molecule has 7 heteroatoms. The first kappa shape index (κ1) is 21.6. The smallest absolute Gasteiger partial charge is 0.265 e. The summed E-state index contributed by atoms with van der Waals surface area (Å²) in [6.45, 7) is 1.44. The second-order valence-corrected chi connectivity index (χ2v) is 6.56. The molecule has 0 aliphatic rings. The summed E-state index contributed by atoms with van der Waals surface area (Å²) in [4.78, 5) is 29.8. The van der Waals surface area contributed by atoms with Crippen molar-refractivity contribution < 1.29 is 9.59 Å². The third-order valence-corrected chi connectivity index (χ3v) is 4.67. The fourth-order valence-electron chi connectivity index (χ4n) is 3.14. The molecule has 31 heavy (non-hydrogen) atoms. The maximum Gasteiger partial charge on any atom is 0.265 e. The Balaban J connectivity index is 0.000000858. The SMILES string of the molecule is CC=O.CNc1ccc(-c2ccc(-c3cc(C(=O)NN)c4cnccc4n3)cc2)cc1. The number of nitrogens with two attached hydrogens (primary N) is 1. The summed E-state index contributed by atoms with van der Waals surface area (Å²) < 4.78 is 0. The molecule has 2 heterocycles. The average molecular weight is 413 g/mol. The number of amides is 1. The number of pyridine rings is 2. The van der Waals surface area contributed by atoms with Crippen molar-refractivity contribution in [2.75, 3.05) is 12.4 Å². The van der Waals surface area contributed by atoms with Gasteiger partial charge in [0, 0.05) is 36.1 Å². The molecule has 0 saturated heterocycles. The van der Waals surface area contributed by atoms with Gasteiger partial charge in [-0.3, -0.25) is 15.2 Å². The molecule has 0 unspecified atom stereocenters. The minimum absolute atomic E-state index is 0.372. The number of hydrazine groups is 1. The fourth-order valence-corrected chi connectivity index (χ4v) is 3.14. The van der Waals surface area contributed by atoms with E-state index in [0.29, 0.717) is 22.2 Å². The van der Waals surface area contributed by atoms with Gasteiger partial charge in [-0.1, -0.05) is 36.4 Å². The highest BCUT2D eigenvalue weighted by Crippen LogP contribution is 2.27. The lowest BCUT2D eigenvalue weighted by Crippen LogP contribution is -2.30. The van der Waals surface area contributed by atoms with E-state index in [1.54, 1.807) is 24.5 Å². The Morgan fingerprint density at radius 1 is 0.968 bits per heavy atom. The number of carbonyl (C=O) groups is 2. The lowest BCUT2D eigenvalue weighted by Gasteiger charge is -2.09. The van der Waals surface area contributed by atoms with Crippen molar-refractivity contribution in [3.05, 3.63) is 78.6 Å². The van der Waals surface area contributed by atoms with Crippen LogP contribution in [0.5, 0.6) is 0 Å². The zero-order chi connectivity index (χ0) is 22.2. The lowest BCUT2D eigenvalue weighted by atomic mass is 10.0. The van der Waals surface area contributed by atoms with Gasteiger partial charge in [0.05, 0.1) is 16.8 Å². The highest BCUT2D eigenvalue weighted by molar-refractivity contribution is 6.06. The van der Waals surface area contributed by atoms with E-state index in [-0.39, 0.29) is 5.91 Å². The van der Waals surface area contributed by atoms with Gasteiger partial charge < -0.3 is 10.1 Å². The van der Waals surface area contributed by atoms with E-state index in [1.165, 1.54) is 6.92 Å². The number of carbonyl (C=O) groups excluding carboxylic acids is 2. The summed E-state index contributed by atoms with van der Waals surface area (Å²) in [6, 6.07) is 19.8. The van der Waals surface area contributed by atoms with Crippen LogP contribution in [-0.4, -0.2) is 29.2 Å². The number of fused-ring (bicyclic) bond motifs is 1. The number of hydrogen-bond acceptors (Lipinski definition) is 6. The van der Waals surface area contributed by atoms with Crippen molar-refractivity contribution in [3.63, 3.8) is 0 Å². The summed E-state index contributed by atoms with van der Waals surface area (Å²) in [5, 5.41) is 3.78. The minimum Gasteiger partial charge on any atom is -0.388 e. The Hall–Kier alpha value is -4.10. The highest BCUT2D eigenvalue weighted by Gasteiger charge is 2.13. The Labute approximate surface area is 180 Å². The molecule has 0 saturated carbocycles. The molecule has 0 atom stereocenters. The van der Waals surface area contributed by atoms with Gasteiger partial charge >= 0.3 is 0 Å². The summed E-state index contributed by atoms with van der Waals surface area (Å²) in [5.41, 5.74) is 8.26. The number of rotatable bonds is 4. The van der Waals surface area contributed by atoms with Crippen molar-refractivity contribution >= 4 is 28.8 Å². The molecule has 2 aromatic heterocycles. The summed E-state index contributed by atoms with van der Waals surface area (Å²) >= 11 is 0. The number of nitrogens with zero attached hydrogens (tertiary/aromatic N) is 2. The van der Waals surface area contributed by atoms with Gasteiger partial charge in [0.25, 0.3) is 5.91 Å². The maximum absolute atomic E-state index is 12.2. The van der Waals surface area contributed by atoms with Crippen molar-refractivity contribution in [2.24, 2.45) is 5.84 Å². The van der Waals surface area contributed by atoms with E-state index in [1.807, 2.05) is 43.4 Å². The molecule has 0 spiro atoms. The predicted octanol–water partition coefficient (Wildman–Crippen LogP) is 3.81. The van der Waals surface area contributed by atoms with Crippen molar-refractivity contribution in [2.45, 2.75) is 6.92 Å². The minimum atomic E-state index is -0.372. The number of hydrogen-bond donors (Lipinski definition) is 3. The first-order chi connectivity index (χ1) is 15.1. The molecule has 0 bridgehead atoms.